The van der Waals surface area contributed by atoms with Crippen LogP contribution in [-0.4, -0.2) is 6.71 Å². The molecule has 0 fully saturated rings. The van der Waals surface area contributed by atoms with E-state index in [9.17, 15) is 5.48 Å². The Kier molecular flexibility index (Phi) is 9.14. The van der Waals surface area contributed by atoms with Gasteiger partial charge in [-0.15, -0.1) is 0 Å². The summed E-state index contributed by atoms with van der Waals surface area (Å²) in [4.78, 5) is 5.11. The normalized spacial score (nSPS) is 21.5. The molecule has 6 aromatic rings. The van der Waals surface area contributed by atoms with Crippen molar-refractivity contribution >= 4 is 57.2 Å². The van der Waals surface area contributed by atoms with Crippen molar-refractivity contribution in [1.29, 1.82) is 0 Å². The molecular weight excluding hydrogens is 856 g/mol. The molecule has 0 saturated heterocycles. The largest absolute Gasteiger partial charge is 0.311 e. The van der Waals surface area contributed by atoms with Crippen LogP contribution in [0.5, 0.6) is 0 Å². The molecule has 0 bridgehead atoms. The molecule has 5 aliphatic rings. The molecule has 11 rings (SSSR count). The fourth-order valence-corrected chi connectivity index (χ4v) is 13.8. The number of anilines is 6. The quantitative estimate of drug-likeness (QED) is 0.163. The van der Waals surface area contributed by atoms with Gasteiger partial charge in [-0.2, -0.15) is 0 Å². The second-order valence-corrected chi connectivity index (χ2v) is 28.7. The molecule has 0 radical (unpaired) electrons. The molecule has 0 N–H and O–H groups in total. The fraction of sp³-hybridized carbons (Fsp3) is 0.471. The van der Waals surface area contributed by atoms with E-state index >= 15 is 0 Å². The lowest BCUT2D eigenvalue weighted by Gasteiger charge is -2.49. The van der Waals surface area contributed by atoms with E-state index in [2.05, 4.69) is 207 Å². The van der Waals surface area contributed by atoms with Gasteiger partial charge in [0.2, 0.25) is 0 Å². The van der Waals surface area contributed by atoms with Crippen molar-refractivity contribution in [3.8, 4) is 11.1 Å². The van der Waals surface area contributed by atoms with Gasteiger partial charge < -0.3 is 9.80 Å². The van der Waals surface area contributed by atoms with E-state index in [0.29, 0.717) is 0 Å². The Balaban J connectivity index is 1.34. The Morgan fingerprint density at radius 1 is 0.423 bits per heavy atom. The van der Waals surface area contributed by atoms with Crippen LogP contribution in [0.1, 0.15) is 215 Å². The van der Waals surface area contributed by atoms with Crippen LogP contribution in [0.15, 0.2) is 103 Å². The van der Waals surface area contributed by atoms with E-state index in [-0.39, 0.29) is 85.8 Å². The Morgan fingerprint density at radius 3 is 1.49 bits per heavy atom. The minimum atomic E-state index is -0.382. The topological polar surface area (TPSA) is 6.48 Å². The lowest BCUT2D eigenvalue weighted by molar-refractivity contribution is 0.332. The van der Waals surface area contributed by atoms with Gasteiger partial charge in [0.25, 0.3) is 6.71 Å². The maximum atomic E-state index is 9.80. The van der Waals surface area contributed by atoms with Crippen LogP contribution in [-0.2, 0) is 43.3 Å². The summed E-state index contributed by atoms with van der Waals surface area (Å²) >= 11 is 0. The lowest BCUT2D eigenvalue weighted by Crippen LogP contribution is -2.62. The summed E-state index contributed by atoms with van der Waals surface area (Å²) in [5.74, 6) is 0. The van der Waals surface area contributed by atoms with Gasteiger partial charge in [-0.1, -0.05) is 185 Å². The van der Waals surface area contributed by atoms with E-state index in [1.165, 1.54) is 72.4 Å². The molecule has 3 aliphatic carbocycles. The molecule has 0 aromatic heterocycles. The Hall–Kier alpha value is -5.02. The molecule has 368 valence electrons. The number of hydrogen-bond donors (Lipinski definition) is 0. The molecule has 2 nitrogen and oxygen atoms in total. The summed E-state index contributed by atoms with van der Waals surface area (Å²) in [5, 5.41) is 0. The maximum absolute atomic E-state index is 9.80. The standard InChI is InChI=1S/C68H83BN2/c1-61(2,3)43-24-28-53-51(36-43)69-52-40-49-50(67(15,16)33-32-66(49,13)14)41-55(52)70(45-25-26-46-48(39-45)65(11,12)31-30-63(46,7)8)56-37-44(62(4,5)6)38-57(60(56)69)71(53)54-29-27-47-59(58(54)42-22-20-19-21-23-42)68(17,18)35-34-64(47,9)10/h19-29,36-41H,30-35H2,1-18H3/i19D,20D,21D,22D,23D. The molecule has 0 saturated carbocycles. The van der Waals surface area contributed by atoms with Gasteiger partial charge in [0, 0.05) is 34.0 Å². The molecular formula is C68H83BN2. The highest BCUT2D eigenvalue weighted by Gasteiger charge is 2.49. The maximum Gasteiger partial charge on any atom is 0.252 e. The smallest absolute Gasteiger partial charge is 0.252 e. The summed E-state index contributed by atoms with van der Waals surface area (Å²) in [6.07, 6.45) is 6.35. The number of nitrogens with zero attached hydrogens (tertiary/aromatic N) is 2. The summed E-state index contributed by atoms with van der Waals surface area (Å²) in [6, 6.07) is 27.9. The van der Waals surface area contributed by atoms with Crippen molar-refractivity contribution in [1.82, 2.24) is 0 Å². The van der Waals surface area contributed by atoms with E-state index < -0.39 is 0 Å². The highest BCUT2D eigenvalue weighted by Crippen LogP contribution is 2.57. The van der Waals surface area contributed by atoms with Gasteiger partial charge in [0.1, 0.15) is 0 Å². The summed E-state index contributed by atoms with van der Waals surface area (Å²) in [7, 11) is 0. The molecule has 0 spiro atoms. The zero-order chi connectivity index (χ0) is 55.3. The monoisotopic (exact) mass is 944 g/mol. The van der Waals surface area contributed by atoms with Gasteiger partial charge in [0.15, 0.2) is 0 Å². The second kappa shape index (κ2) is 15.3. The average Bonchev–Trinajstić information content (AvgIpc) is 3.35. The van der Waals surface area contributed by atoms with Crippen molar-refractivity contribution in [3.05, 3.63) is 148 Å². The van der Waals surface area contributed by atoms with Crippen LogP contribution in [0, 0.1) is 0 Å². The van der Waals surface area contributed by atoms with E-state index in [0.717, 1.165) is 66.7 Å². The van der Waals surface area contributed by atoms with Crippen molar-refractivity contribution in [2.75, 3.05) is 9.80 Å². The molecule has 0 amide bonds. The Labute approximate surface area is 437 Å². The zero-order valence-corrected chi connectivity index (χ0v) is 46.6. The highest BCUT2D eigenvalue weighted by molar-refractivity contribution is 7.00. The van der Waals surface area contributed by atoms with Gasteiger partial charge in [-0.25, -0.2) is 0 Å². The van der Waals surface area contributed by atoms with Crippen molar-refractivity contribution in [2.45, 2.75) is 206 Å². The summed E-state index contributed by atoms with van der Waals surface area (Å²) in [6.45, 7) is 42.4. The molecule has 0 unspecified atom stereocenters. The van der Waals surface area contributed by atoms with Gasteiger partial charge in [-0.05, 0) is 191 Å². The lowest BCUT2D eigenvalue weighted by atomic mass is 9.32. The van der Waals surface area contributed by atoms with Crippen molar-refractivity contribution in [2.24, 2.45) is 0 Å². The Morgan fingerprint density at radius 2 is 0.901 bits per heavy atom. The first-order valence-electron chi connectivity index (χ1n) is 29.5. The highest BCUT2D eigenvalue weighted by atomic mass is 15.2. The second-order valence-electron chi connectivity index (χ2n) is 28.7. The summed E-state index contributed by atoms with van der Waals surface area (Å²) in [5.41, 5.74) is 20.7. The van der Waals surface area contributed by atoms with Crippen LogP contribution >= 0.6 is 0 Å². The summed E-state index contributed by atoms with van der Waals surface area (Å²) < 4.78 is 46.8. The van der Waals surface area contributed by atoms with Gasteiger partial charge in [0.05, 0.1) is 12.5 Å². The predicted molar refractivity (Wildman–Crippen MR) is 309 cm³/mol. The third-order valence-corrected chi connectivity index (χ3v) is 18.8. The molecule has 6 aromatic carbocycles. The van der Waals surface area contributed by atoms with Crippen molar-refractivity contribution in [3.63, 3.8) is 0 Å². The molecule has 0 atom stereocenters. The average molecular weight is 944 g/mol. The van der Waals surface area contributed by atoms with E-state index in [4.69, 9.17) is 1.37 Å². The van der Waals surface area contributed by atoms with Crippen LogP contribution in [0.25, 0.3) is 11.1 Å². The van der Waals surface area contributed by atoms with Gasteiger partial charge in [-0.3, -0.25) is 0 Å². The third kappa shape index (κ3) is 7.37. The number of fused-ring (bicyclic) bond motifs is 7. The van der Waals surface area contributed by atoms with Crippen LogP contribution in [0.4, 0.5) is 34.1 Å². The first kappa shape index (κ1) is 42.5. The Bertz CT molecular complexity index is 3460. The fourth-order valence-electron chi connectivity index (χ4n) is 13.8. The number of rotatable bonds is 3. The van der Waals surface area contributed by atoms with Crippen LogP contribution in [0.3, 0.4) is 0 Å². The van der Waals surface area contributed by atoms with Crippen molar-refractivity contribution < 1.29 is 6.85 Å². The SMILES string of the molecule is [2H]c1c([2H])c([2H])c(-c2c(N3c4ccc(C(C)(C)C)cc4B4c5cc6c(cc5N(c5ccc7c(c5)C(C)(C)CCC7(C)C)c5cc(C(C)(C)C)cc3c54)C(C)(C)CCC6(C)C)ccc3c2C(C)(C)CCC3(C)C)c([2H])c1[2H]. The molecule has 2 aliphatic heterocycles. The van der Waals surface area contributed by atoms with Gasteiger partial charge >= 0.3 is 0 Å². The predicted octanol–water partition coefficient (Wildman–Crippen LogP) is 17.1. The molecule has 3 heteroatoms. The first-order valence-corrected chi connectivity index (χ1v) is 27.0. The van der Waals surface area contributed by atoms with Crippen LogP contribution < -0.4 is 26.2 Å². The minimum Gasteiger partial charge on any atom is -0.311 e. The minimum absolute atomic E-state index is 0.00967. The van der Waals surface area contributed by atoms with E-state index in [1.54, 1.807) is 0 Å². The number of hydrogen-bond acceptors (Lipinski definition) is 2. The van der Waals surface area contributed by atoms with Crippen LogP contribution in [0.2, 0.25) is 0 Å². The third-order valence-electron chi connectivity index (χ3n) is 18.8. The molecule has 2 heterocycles. The number of benzene rings is 6. The van der Waals surface area contributed by atoms with E-state index in [1.807, 2.05) is 0 Å². The first-order chi connectivity index (χ1) is 35.0. The molecule has 71 heavy (non-hydrogen) atoms. The zero-order valence-electron chi connectivity index (χ0n) is 51.6.